The molecule has 1 amide bonds. The van der Waals surface area contributed by atoms with E-state index < -0.39 is 11.9 Å². The second-order valence-electron chi connectivity index (χ2n) is 4.68. The predicted octanol–water partition coefficient (Wildman–Crippen LogP) is 1.58. The van der Waals surface area contributed by atoms with Crippen molar-refractivity contribution in [1.29, 1.82) is 0 Å². The summed E-state index contributed by atoms with van der Waals surface area (Å²) in [4.78, 5) is 22.7. The van der Waals surface area contributed by atoms with Gasteiger partial charge in [0.05, 0.1) is 18.4 Å². The SMILES string of the molecule is O=C(CCc1ccoc1)N[C@H]1CCC[C@H]1C(=O)O. The number of hydrogen-bond acceptors (Lipinski definition) is 3. The molecule has 0 bridgehead atoms. The van der Waals surface area contributed by atoms with Crippen molar-refractivity contribution in [3.05, 3.63) is 24.2 Å². The molecule has 5 nitrogen and oxygen atoms in total. The lowest BCUT2D eigenvalue weighted by molar-refractivity contribution is -0.142. The van der Waals surface area contributed by atoms with Crippen LogP contribution >= 0.6 is 0 Å². The number of carboxylic acid groups (broad SMARTS) is 1. The minimum atomic E-state index is -0.812. The highest BCUT2D eigenvalue weighted by Gasteiger charge is 2.33. The van der Waals surface area contributed by atoms with Gasteiger partial charge < -0.3 is 14.8 Å². The first-order valence-corrected chi connectivity index (χ1v) is 6.20. The van der Waals surface area contributed by atoms with Gasteiger partial charge in [0, 0.05) is 12.5 Å². The van der Waals surface area contributed by atoms with E-state index in [4.69, 9.17) is 9.52 Å². The zero-order valence-electron chi connectivity index (χ0n) is 10.1. The van der Waals surface area contributed by atoms with Crippen LogP contribution in [0.4, 0.5) is 0 Å². The van der Waals surface area contributed by atoms with E-state index in [1.165, 1.54) is 0 Å². The molecule has 2 rings (SSSR count). The summed E-state index contributed by atoms with van der Waals surface area (Å²) in [6.45, 7) is 0. The fourth-order valence-corrected chi connectivity index (χ4v) is 2.40. The molecule has 0 aliphatic heterocycles. The average molecular weight is 251 g/mol. The molecule has 1 aromatic rings. The average Bonchev–Trinajstić information content (AvgIpc) is 2.96. The van der Waals surface area contributed by atoms with Crippen LogP contribution in [0.3, 0.4) is 0 Å². The van der Waals surface area contributed by atoms with E-state index in [-0.39, 0.29) is 11.9 Å². The minimum Gasteiger partial charge on any atom is -0.481 e. The third-order valence-electron chi connectivity index (χ3n) is 3.40. The monoisotopic (exact) mass is 251 g/mol. The van der Waals surface area contributed by atoms with E-state index in [0.29, 0.717) is 19.3 Å². The van der Waals surface area contributed by atoms with Crippen molar-refractivity contribution in [3.63, 3.8) is 0 Å². The first-order valence-electron chi connectivity index (χ1n) is 6.20. The largest absolute Gasteiger partial charge is 0.481 e. The molecule has 0 spiro atoms. The number of rotatable bonds is 5. The first-order chi connectivity index (χ1) is 8.66. The van der Waals surface area contributed by atoms with Gasteiger partial charge in [0.1, 0.15) is 0 Å². The Morgan fingerprint density at radius 1 is 1.44 bits per heavy atom. The summed E-state index contributed by atoms with van der Waals surface area (Å²) in [5.41, 5.74) is 0.978. The van der Waals surface area contributed by atoms with Gasteiger partial charge in [0.25, 0.3) is 0 Å². The maximum absolute atomic E-state index is 11.7. The van der Waals surface area contributed by atoms with Gasteiger partial charge in [-0.05, 0) is 30.9 Å². The van der Waals surface area contributed by atoms with Gasteiger partial charge in [-0.1, -0.05) is 6.42 Å². The maximum atomic E-state index is 11.7. The van der Waals surface area contributed by atoms with Crippen LogP contribution in [-0.4, -0.2) is 23.0 Å². The van der Waals surface area contributed by atoms with Crippen molar-refractivity contribution in [3.8, 4) is 0 Å². The number of carboxylic acids is 1. The van der Waals surface area contributed by atoms with E-state index in [9.17, 15) is 9.59 Å². The molecule has 2 N–H and O–H groups in total. The number of nitrogens with one attached hydrogen (secondary N) is 1. The Morgan fingerprint density at radius 3 is 2.94 bits per heavy atom. The van der Waals surface area contributed by atoms with Crippen LogP contribution < -0.4 is 5.32 Å². The minimum absolute atomic E-state index is 0.0886. The molecule has 0 unspecified atom stereocenters. The number of carbonyl (C=O) groups is 2. The number of carbonyl (C=O) groups excluding carboxylic acids is 1. The molecule has 0 saturated heterocycles. The van der Waals surface area contributed by atoms with Crippen molar-refractivity contribution < 1.29 is 19.1 Å². The van der Waals surface area contributed by atoms with Crippen LogP contribution in [0.15, 0.2) is 23.0 Å². The molecule has 2 atom stereocenters. The fraction of sp³-hybridized carbons (Fsp3) is 0.538. The van der Waals surface area contributed by atoms with Gasteiger partial charge in [-0.2, -0.15) is 0 Å². The second kappa shape index (κ2) is 5.71. The number of amides is 1. The van der Waals surface area contributed by atoms with E-state index in [0.717, 1.165) is 18.4 Å². The van der Waals surface area contributed by atoms with E-state index >= 15 is 0 Å². The van der Waals surface area contributed by atoms with E-state index in [1.807, 2.05) is 6.07 Å². The Kier molecular flexibility index (Phi) is 4.02. The van der Waals surface area contributed by atoms with Crippen molar-refractivity contribution in [2.45, 2.75) is 38.1 Å². The lowest BCUT2D eigenvalue weighted by atomic mass is 10.0. The van der Waals surface area contributed by atoms with Gasteiger partial charge in [0.2, 0.25) is 5.91 Å². The fourth-order valence-electron chi connectivity index (χ4n) is 2.40. The molecule has 5 heteroatoms. The van der Waals surface area contributed by atoms with Crippen LogP contribution in [0.1, 0.15) is 31.2 Å². The van der Waals surface area contributed by atoms with Crippen LogP contribution in [0.5, 0.6) is 0 Å². The molecule has 18 heavy (non-hydrogen) atoms. The summed E-state index contributed by atoms with van der Waals surface area (Å²) in [6.07, 6.45) is 6.45. The summed E-state index contributed by atoms with van der Waals surface area (Å²) in [5.74, 6) is -1.33. The maximum Gasteiger partial charge on any atom is 0.308 e. The first kappa shape index (κ1) is 12.7. The Labute approximate surface area is 105 Å². The van der Waals surface area contributed by atoms with E-state index in [1.54, 1.807) is 12.5 Å². The highest BCUT2D eigenvalue weighted by molar-refractivity contribution is 5.78. The molecule has 1 heterocycles. The molecule has 0 aromatic carbocycles. The Bertz CT molecular complexity index is 413. The topological polar surface area (TPSA) is 79.5 Å². The summed E-state index contributed by atoms with van der Waals surface area (Å²) in [5, 5.41) is 11.8. The zero-order valence-corrected chi connectivity index (χ0v) is 10.1. The molecule has 1 aromatic heterocycles. The van der Waals surface area contributed by atoms with Gasteiger partial charge in [-0.3, -0.25) is 9.59 Å². The molecular formula is C13H17NO4. The highest BCUT2D eigenvalue weighted by Crippen LogP contribution is 2.25. The van der Waals surface area contributed by atoms with Gasteiger partial charge in [-0.15, -0.1) is 0 Å². The summed E-state index contributed by atoms with van der Waals surface area (Å²) < 4.78 is 4.92. The third-order valence-corrected chi connectivity index (χ3v) is 3.40. The Hall–Kier alpha value is -1.78. The quantitative estimate of drug-likeness (QED) is 0.832. The van der Waals surface area contributed by atoms with Gasteiger partial charge in [0.15, 0.2) is 0 Å². The van der Waals surface area contributed by atoms with Crippen LogP contribution in [0.2, 0.25) is 0 Å². The molecule has 98 valence electrons. The van der Waals surface area contributed by atoms with Crippen LogP contribution in [0.25, 0.3) is 0 Å². The number of aliphatic carboxylic acids is 1. The summed E-state index contributed by atoms with van der Waals surface area (Å²) in [7, 11) is 0. The molecule has 0 radical (unpaired) electrons. The summed E-state index contributed by atoms with van der Waals surface area (Å²) in [6, 6.07) is 1.61. The smallest absolute Gasteiger partial charge is 0.308 e. The molecular weight excluding hydrogens is 234 g/mol. The lowest BCUT2D eigenvalue weighted by Crippen LogP contribution is -2.40. The molecule has 1 aliphatic carbocycles. The molecule has 1 fully saturated rings. The summed E-state index contributed by atoms with van der Waals surface area (Å²) >= 11 is 0. The van der Waals surface area contributed by atoms with Crippen molar-refractivity contribution in [1.82, 2.24) is 5.32 Å². The van der Waals surface area contributed by atoms with Gasteiger partial charge in [-0.25, -0.2) is 0 Å². The molecule has 1 saturated carbocycles. The van der Waals surface area contributed by atoms with Crippen molar-refractivity contribution in [2.75, 3.05) is 0 Å². The van der Waals surface area contributed by atoms with Crippen LogP contribution in [-0.2, 0) is 16.0 Å². The highest BCUT2D eigenvalue weighted by atomic mass is 16.4. The third kappa shape index (κ3) is 3.12. The second-order valence-corrected chi connectivity index (χ2v) is 4.68. The standard InChI is InChI=1S/C13H17NO4/c15-12(5-4-9-6-7-18-8-9)14-11-3-1-2-10(11)13(16)17/h6-8,10-11H,1-5H2,(H,14,15)(H,16,17)/t10-,11+/m1/s1. The molecule has 1 aliphatic rings. The normalized spacial score (nSPS) is 22.9. The van der Waals surface area contributed by atoms with Crippen molar-refractivity contribution in [2.24, 2.45) is 5.92 Å². The number of furan rings is 1. The lowest BCUT2D eigenvalue weighted by Gasteiger charge is -2.17. The predicted molar refractivity (Wildman–Crippen MR) is 63.9 cm³/mol. The van der Waals surface area contributed by atoms with E-state index in [2.05, 4.69) is 5.32 Å². The van der Waals surface area contributed by atoms with Crippen molar-refractivity contribution >= 4 is 11.9 Å². The van der Waals surface area contributed by atoms with Gasteiger partial charge >= 0.3 is 5.97 Å². The van der Waals surface area contributed by atoms with Crippen LogP contribution in [0, 0.1) is 5.92 Å². The number of aryl methyl sites for hydroxylation is 1. The zero-order chi connectivity index (χ0) is 13.0. The Balaban J connectivity index is 1.78. The Morgan fingerprint density at radius 2 is 2.28 bits per heavy atom. The number of hydrogen-bond donors (Lipinski definition) is 2.